The number of aromatic nitrogens is 3. The smallest absolute Gasteiger partial charge is 0.254 e. The molecule has 1 saturated heterocycles. The molecule has 10 heteroatoms. The van der Waals surface area contributed by atoms with Gasteiger partial charge in [0.25, 0.3) is 5.88 Å². The van der Waals surface area contributed by atoms with Crippen molar-refractivity contribution in [2.45, 2.75) is 64.8 Å². The Morgan fingerprint density at radius 1 is 1.05 bits per heavy atom. The van der Waals surface area contributed by atoms with E-state index in [-0.39, 0.29) is 40.5 Å². The molecule has 0 atom stereocenters. The summed E-state index contributed by atoms with van der Waals surface area (Å²) < 4.78 is 42.4. The van der Waals surface area contributed by atoms with Crippen molar-refractivity contribution >= 4 is 22.6 Å². The average Bonchev–Trinajstić information content (AvgIpc) is 3.65. The molecular weight excluding hydrogens is 560 g/mol. The molecule has 42 heavy (non-hydrogen) atoms. The molecule has 7 nitrogen and oxygen atoms in total. The molecule has 2 fully saturated rings. The fourth-order valence-electron chi connectivity index (χ4n) is 5.56. The first-order chi connectivity index (χ1) is 20.3. The van der Waals surface area contributed by atoms with Crippen molar-refractivity contribution in [1.82, 2.24) is 19.4 Å². The molecular formula is C32H32ClF2N5O2. The van der Waals surface area contributed by atoms with E-state index in [1.807, 2.05) is 0 Å². The number of fused-ring (bicyclic) bond motifs is 1. The first-order valence-corrected chi connectivity index (χ1v) is 14.6. The number of hydrogen-bond donors (Lipinski definition) is 0. The summed E-state index contributed by atoms with van der Waals surface area (Å²) in [4.78, 5) is 11.6. The van der Waals surface area contributed by atoms with Gasteiger partial charge in [-0.25, -0.2) is 13.8 Å². The summed E-state index contributed by atoms with van der Waals surface area (Å²) >= 11 is 5.80. The Kier molecular flexibility index (Phi) is 8.02. The summed E-state index contributed by atoms with van der Waals surface area (Å²) in [7, 11) is 0. The van der Waals surface area contributed by atoms with E-state index in [9.17, 15) is 14.0 Å². The molecule has 1 aliphatic heterocycles. The number of halogens is 3. The summed E-state index contributed by atoms with van der Waals surface area (Å²) in [5.41, 5.74) is 3.63. The van der Waals surface area contributed by atoms with Crippen LogP contribution in [0, 0.1) is 35.3 Å². The molecule has 0 spiro atoms. The first kappa shape index (κ1) is 28.4. The Morgan fingerprint density at radius 2 is 1.86 bits per heavy atom. The Balaban J connectivity index is 1.08. The quantitative estimate of drug-likeness (QED) is 0.198. The van der Waals surface area contributed by atoms with Gasteiger partial charge >= 0.3 is 0 Å². The molecule has 1 saturated carbocycles. The van der Waals surface area contributed by atoms with Gasteiger partial charge < -0.3 is 14.0 Å². The number of likely N-dealkylation sites (tertiary alicyclic amines) is 1. The van der Waals surface area contributed by atoms with Crippen LogP contribution in [0.2, 0.25) is 5.02 Å². The normalized spacial score (nSPS) is 16.8. The van der Waals surface area contributed by atoms with Gasteiger partial charge in [-0.2, -0.15) is 10.2 Å². The lowest BCUT2D eigenvalue weighted by atomic mass is 10.0. The van der Waals surface area contributed by atoms with Crippen LogP contribution in [-0.4, -0.2) is 38.6 Å². The van der Waals surface area contributed by atoms with Crippen LogP contribution in [0.1, 0.15) is 49.1 Å². The Bertz CT molecular complexity index is 1640. The average molecular weight is 592 g/mol. The number of piperidine rings is 1. The van der Waals surface area contributed by atoms with Gasteiger partial charge in [0.15, 0.2) is 5.82 Å². The molecule has 4 aromatic rings. The molecule has 6 rings (SSSR count). The molecule has 2 aromatic heterocycles. The Morgan fingerprint density at radius 3 is 2.60 bits per heavy atom. The van der Waals surface area contributed by atoms with Crippen molar-refractivity contribution in [3.63, 3.8) is 0 Å². The molecule has 1 aliphatic carbocycles. The maximum atomic E-state index is 14.4. The van der Waals surface area contributed by atoms with Crippen molar-refractivity contribution in [3.05, 3.63) is 82.1 Å². The van der Waals surface area contributed by atoms with Gasteiger partial charge in [-0.1, -0.05) is 23.7 Å². The number of pyridine rings is 1. The SMILES string of the molecule is Cc1ccc2nc(CN3CCC(Oc4ccc(F)c(OCc5ccc(Cl)cc5F)n4)CC3)n(CC3(CC#N)CC3)c2c1. The Labute approximate surface area is 248 Å². The highest BCUT2D eigenvalue weighted by molar-refractivity contribution is 6.30. The van der Waals surface area contributed by atoms with Crippen LogP contribution in [0.3, 0.4) is 0 Å². The lowest BCUT2D eigenvalue weighted by Crippen LogP contribution is -2.38. The monoisotopic (exact) mass is 591 g/mol. The molecule has 2 aromatic carbocycles. The van der Waals surface area contributed by atoms with Gasteiger partial charge in [-0.3, -0.25) is 4.90 Å². The van der Waals surface area contributed by atoms with E-state index in [1.165, 1.54) is 29.8 Å². The highest BCUT2D eigenvalue weighted by atomic mass is 35.5. The van der Waals surface area contributed by atoms with Gasteiger partial charge in [0.1, 0.15) is 24.4 Å². The number of nitriles is 1. The first-order valence-electron chi connectivity index (χ1n) is 14.3. The van der Waals surface area contributed by atoms with Crippen LogP contribution >= 0.6 is 11.6 Å². The molecule has 3 heterocycles. The van der Waals surface area contributed by atoms with Gasteiger partial charge in [-0.15, -0.1) is 0 Å². The fourth-order valence-corrected chi connectivity index (χ4v) is 5.72. The second-order valence-corrected chi connectivity index (χ2v) is 11.9. The van der Waals surface area contributed by atoms with Crippen LogP contribution in [0.4, 0.5) is 8.78 Å². The number of aryl methyl sites for hydroxylation is 1. The maximum absolute atomic E-state index is 14.4. The molecule has 0 amide bonds. The predicted octanol–water partition coefficient (Wildman–Crippen LogP) is 6.99. The van der Waals surface area contributed by atoms with Crippen LogP contribution in [0.5, 0.6) is 11.8 Å². The number of rotatable bonds is 10. The van der Waals surface area contributed by atoms with Gasteiger partial charge in [-0.05, 0) is 68.5 Å². The zero-order chi connectivity index (χ0) is 29.3. The zero-order valence-corrected chi connectivity index (χ0v) is 24.2. The van der Waals surface area contributed by atoms with Gasteiger partial charge in [0.05, 0.1) is 23.6 Å². The van der Waals surface area contributed by atoms with Crippen molar-refractivity contribution in [1.29, 1.82) is 5.26 Å². The largest absolute Gasteiger partial charge is 0.474 e. The molecule has 0 N–H and O–H groups in total. The summed E-state index contributed by atoms with van der Waals surface area (Å²) in [6, 6.07) is 15.7. The van der Waals surface area contributed by atoms with E-state index in [2.05, 4.69) is 45.6 Å². The van der Waals surface area contributed by atoms with E-state index in [1.54, 1.807) is 6.07 Å². The van der Waals surface area contributed by atoms with Gasteiger partial charge in [0.2, 0.25) is 5.88 Å². The lowest BCUT2D eigenvalue weighted by Gasteiger charge is -2.32. The van der Waals surface area contributed by atoms with E-state index in [4.69, 9.17) is 26.1 Å². The number of ether oxygens (including phenoxy) is 2. The summed E-state index contributed by atoms with van der Waals surface area (Å²) in [6.07, 6.45) is 4.22. The third kappa shape index (κ3) is 6.35. The minimum absolute atomic E-state index is 0.0649. The summed E-state index contributed by atoms with van der Waals surface area (Å²) in [5, 5.41) is 9.64. The van der Waals surface area contributed by atoms with Crippen molar-refractivity contribution in [2.75, 3.05) is 13.1 Å². The fraction of sp³-hybridized carbons (Fsp3) is 0.406. The topological polar surface area (TPSA) is 76.2 Å². The third-order valence-corrected chi connectivity index (χ3v) is 8.48. The highest BCUT2D eigenvalue weighted by Crippen LogP contribution is 2.50. The van der Waals surface area contributed by atoms with E-state index >= 15 is 0 Å². The standard InChI is InChI=1S/C32H32ClF2N5O2/c1-21-2-6-27-28(16-21)40(20-32(10-11-32)12-13-36)29(37-27)18-39-14-8-24(9-15-39)42-30-7-5-25(34)31(38-30)41-19-22-3-4-23(33)17-26(22)35/h2-7,16-17,24H,8-12,14-15,18-20H2,1H3. The van der Waals surface area contributed by atoms with E-state index in [0.717, 1.165) is 68.7 Å². The maximum Gasteiger partial charge on any atom is 0.254 e. The van der Waals surface area contributed by atoms with Crippen LogP contribution < -0.4 is 9.47 Å². The minimum atomic E-state index is -0.646. The predicted molar refractivity (Wildman–Crippen MR) is 155 cm³/mol. The Hall–Kier alpha value is -3.74. The number of hydrogen-bond acceptors (Lipinski definition) is 6. The van der Waals surface area contributed by atoms with Crippen LogP contribution in [-0.2, 0) is 19.7 Å². The van der Waals surface area contributed by atoms with Crippen molar-refractivity contribution in [2.24, 2.45) is 5.41 Å². The number of benzene rings is 2. The third-order valence-electron chi connectivity index (χ3n) is 8.24. The van der Waals surface area contributed by atoms with Gasteiger partial charge in [0, 0.05) is 48.1 Å². The molecule has 0 radical (unpaired) electrons. The van der Waals surface area contributed by atoms with E-state index in [0.29, 0.717) is 6.42 Å². The molecule has 218 valence electrons. The minimum Gasteiger partial charge on any atom is -0.474 e. The second-order valence-electron chi connectivity index (χ2n) is 11.5. The highest BCUT2D eigenvalue weighted by Gasteiger charge is 2.43. The second kappa shape index (κ2) is 11.9. The lowest BCUT2D eigenvalue weighted by molar-refractivity contribution is 0.0901. The summed E-state index contributed by atoms with van der Waals surface area (Å²) in [6.45, 7) is 5.08. The number of imidazole rings is 1. The molecule has 0 unspecified atom stereocenters. The van der Waals surface area contributed by atoms with Crippen LogP contribution in [0.15, 0.2) is 48.5 Å². The van der Waals surface area contributed by atoms with Crippen molar-refractivity contribution in [3.8, 4) is 17.8 Å². The summed E-state index contributed by atoms with van der Waals surface area (Å²) in [5.74, 6) is -0.114. The number of nitrogens with zero attached hydrogens (tertiary/aromatic N) is 5. The molecule has 0 bridgehead atoms. The zero-order valence-electron chi connectivity index (χ0n) is 23.5. The van der Waals surface area contributed by atoms with Crippen LogP contribution in [0.25, 0.3) is 11.0 Å². The van der Waals surface area contributed by atoms with E-state index < -0.39 is 11.6 Å². The molecule has 2 aliphatic rings. The van der Waals surface area contributed by atoms with Crippen molar-refractivity contribution < 1.29 is 18.3 Å².